The number of nitrogens with one attached hydrogen (secondary N) is 1. The zero-order chi connectivity index (χ0) is 14.8. The van der Waals surface area contributed by atoms with Gasteiger partial charge in [0.2, 0.25) is 0 Å². The summed E-state index contributed by atoms with van der Waals surface area (Å²) >= 11 is 0. The summed E-state index contributed by atoms with van der Waals surface area (Å²) in [5, 5.41) is 3.61. The van der Waals surface area contributed by atoms with Gasteiger partial charge in [0.1, 0.15) is 0 Å². The molecule has 0 radical (unpaired) electrons. The van der Waals surface area contributed by atoms with Crippen molar-refractivity contribution < 1.29 is 0 Å². The summed E-state index contributed by atoms with van der Waals surface area (Å²) in [6.45, 7) is 9.47. The first-order valence-corrected chi connectivity index (χ1v) is 9.07. The summed E-state index contributed by atoms with van der Waals surface area (Å²) in [6.07, 6.45) is 9.23. The number of aryl methyl sites for hydroxylation is 1. The van der Waals surface area contributed by atoms with E-state index in [1.54, 1.807) is 27.8 Å². The second kappa shape index (κ2) is 6.52. The monoisotopic (exact) mass is 285 g/mol. The summed E-state index contributed by atoms with van der Waals surface area (Å²) < 4.78 is 0. The summed E-state index contributed by atoms with van der Waals surface area (Å²) in [5.41, 5.74) is 8.57. The minimum absolute atomic E-state index is 0.766. The molecular formula is C20H31N. The molecule has 1 aromatic rings. The predicted octanol–water partition coefficient (Wildman–Crippen LogP) is 4.40. The quantitative estimate of drug-likeness (QED) is 0.864. The van der Waals surface area contributed by atoms with E-state index in [2.05, 4.69) is 32.2 Å². The smallest absolute Gasteiger partial charge is 0.00202 e. The van der Waals surface area contributed by atoms with Crippen LogP contribution in [0.3, 0.4) is 0 Å². The van der Waals surface area contributed by atoms with E-state index < -0.39 is 0 Å². The van der Waals surface area contributed by atoms with Gasteiger partial charge in [-0.2, -0.15) is 0 Å². The lowest BCUT2D eigenvalue weighted by molar-refractivity contribution is 0.459. The van der Waals surface area contributed by atoms with Gasteiger partial charge in [-0.05, 0) is 91.1 Å². The van der Waals surface area contributed by atoms with Gasteiger partial charge in [-0.1, -0.05) is 26.8 Å². The van der Waals surface area contributed by atoms with Crippen LogP contribution in [-0.2, 0) is 25.7 Å². The Labute approximate surface area is 130 Å². The second-order valence-electron chi connectivity index (χ2n) is 7.41. The maximum Gasteiger partial charge on any atom is 0.00202 e. The standard InChI is InChI=1S/C20H31N/c1-4-15-12-20(16-7-6-10-21-13-16)18-9-5-8-17(18)19(15)11-14(2)3/h12,14,16,21H,4-11,13H2,1-3H3. The van der Waals surface area contributed by atoms with Crippen LogP contribution in [0.1, 0.15) is 73.8 Å². The Morgan fingerprint density at radius 1 is 1.19 bits per heavy atom. The van der Waals surface area contributed by atoms with E-state index in [0.717, 1.165) is 11.8 Å². The van der Waals surface area contributed by atoms with E-state index in [4.69, 9.17) is 0 Å². The maximum atomic E-state index is 3.61. The third-order valence-electron chi connectivity index (χ3n) is 5.38. The van der Waals surface area contributed by atoms with Gasteiger partial charge in [-0.3, -0.25) is 0 Å². The van der Waals surface area contributed by atoms with Gasteiger partial charge < -0.3 is 5.32 Å². The van der Waals surface area contributed by atoms with Crippen LogP contribution in [0.15, 0.2) is 6.07 Å². The zero-order valence-corrected chi connectivity index (χ0v) is 14.1. The molecule has 1 N–H and O–H groups in total. The summed E-state index contributed by atoms with van der Waals surface area (Å²) in [4.78, 5) is 0. The van der Waals surface area contributed by atoms with Gasteiger partial charge in [-0.25, -0.2) is 0 Å². The van der Waals surface area contributed by atoms with Crippen molar-refractivity contribution in [3.8, 4) is 0 Å². The molecule has 1 atom stereocenters. The SMILES string of the molecule is CCc1cc(C2CCCNC2)c2c(c1CC(C)C)CCC2. The topological polar surface area (TPSA) is 12.0 Å². The average Bonchev–Trinajstić information content (AvgIpc) is 2.97. The Morgan fingerprint density at radius 2 is 2.00 bits per heavy atom. The van der Waals surface area contributed by atoms with Crippen LogP contribution in [0, 0.1) is 5.92 Å². The van der Waals surface area contributed by atoms with E-state index in [9.17, 15) is 0 Å². The van der Waals surface area contributed by atoms with Crippen molar-refractivity contribution in [3.63, 3.8) is 0 Å². The number of hydrogen-bond donors (Lipinski definition) is 1. The molecule has 3 rings (SSSR count). The molecule has 1 saturated heterocycles. The normalized spacial score (nSPS) is 21.8. The van der Waals surface area contributed by atoms with Gasteiger partial charge in [0.15, 0.2) is 0 Å². The summed E-state index contributed by atoms with van der Waals surface area (Å²) in [7, 11) is 0. The first-order valence-electron chi connectivity index (χ1n) is 9.07. The third-order valence-corrected chi connectivity index (χ3v) is 5.38. The fourth-order valence-electron chi connectivity index (χ4n) is 4.41. The van der Waals surface area contributed by atoms with E-state index in [1.165, 1.54) is 58.0 Å². The van der Waals surface area contributed by atoms with Crippen LogP contribution >= 0.6 is 0 Å². The van der Waals surface area contributed by atoms with E-state index in [-0.39, 0.29) is 0 Å². The number of piperidine rings is 1. The lowest BCUT2D eigenvalue weighted by atomic mass is 9.81. The second-order valence-corrected chi connectivity index (χ2v) is 7.41. The van der Waals surface area contributed by atoms with Crippen LogP contribution in [0.2, 0.25) is 0 Å². The molecule has 1 aliphatic carbocycles. The van der Waals surface area contributed by atoms with Gasteiger partial charge >= 0.3 is 0 Å². The van der Waals surface area contributed by atoms with Crippen molar-refractivity contribution in [3.05, 3.63) is 33.9 Å². The summed E-state index contributed by atoms with van der Waals surface area (Å²) in [6, 6.07) is 2.60. The largest absolute Gasteiger partial charge is 0.316 e. The minimum atomic E-state index is 0.766. The molecule has 0 spiro atoms. The molecule has 1 unspecified atom stereocenters. The number of fused-ring (bicyclic) bond motifs is 1. The lowest BCUT2D eigenvalue weighted by Crippen LogP contribution is -2.29. The van der Waals surface area contributed by atoms with Crippen LogP contribution in [-0.4, -0.2) is 13.1 Å². The van der Waals surface area contributed by atoms with Crippen LogP contribution in [0.5, 0.6) is 0 Å². The van der Waals surface area contributed by atoms with Crippen molar-refractivity contribution in [1.82, 2.24) is 5.32 Å². The molecule has 1 heteroatoms. The molecule has 1 nitrogen and oxygen atoms in total. The first kappa shape index (κ1) is 15.1. The highest BCUT2D eigenvalue weighted by Gasteiger charge is 2.26. The van der Waals surface area contributed by atoms with Crippen molar-refractivity contribution in [2.45, 2.75) is 71.6 Å². The minimum Gasteiger partial charge on any atom is -0.316 e. The molecule has 1 fully saturated rings. The maximum absolute atomic E-state index is 3.61. The molecule has 2 aliphatic rings. The van der Waals surface area contributed by atoms with Gasteiger partial charge in [0.25, 0.3) is 0 Å². The number of benzene rings is 1. The average molecular weight is 285 g/mol. The summed E-state index contributed by atoms with van der Waals surface area (Å²) in [5.74, 6) is 1.53. The molecule has 0 amide bonds. The van der Waals surface area contributed by atoms with Crippen molar-refractivity contribution in [2.75, 3.05) is 13.1 Å². The molecule has 1 aromatic carbocycles. The molecule has 0 bridgehead atoms. The van der Waals surface area contributed by atoms with E-state index >= 15 is 0 Å². The molecule has 1 heterocycles. The predicted molar refractivity (Wildman–Crippen MR) is 91.2 cm³/mol. The number of rotatable bonds is 4. The van der Waals surface area contributed by atoms with Gasteiger partial charge in [-0.15, -0.1) is 0 Å². The molecule has 0 aromatic heterocycles. The highest BCUT2D eigenvalue weighted by Crippen LogP contribution is 2.38. The van der Waals surface area contributed by atoms with Gasteiger partial charge in [0.05, 0.1) is 0 Å². The van der Waals surface area contributed by atoms with Crippen molar-refractivity contribution in [1.29, 1.82) is 0 Å². The van der Waals surface area contributed by atoms with Crippen LogP contribution in [0.4, 0.5) is 0 Å². The molecular weight excluding hydrogens is 254 g/mol. The fourth-order valence-corrected chi connectivity index (χ4v) is 4.41. The highest BCUT2D eigenvalue weighted by atomic mass is 14.9. The Hall–Kier alpha value is -0.820. The zero-order valence-electron chi connectivity index (χ0n) is 14.1. The van der Waals surface area contributed by atoms with E-state index in [0.29, 0.717) is 0 Å². The highest BCUT2D eigenvalue weighted by molar-refractivity contribution is 5.50. The van der Waals surface area contributed by atoms with E-state index in [1.807, 2.05) is 0 Å². The third kappa shape index (κ3) is 3.04. The Bertz CT molecular complexity index is 495. The lowest BCUT2D eigenvalue weighted by Gasteiger charge is -2.27. The Morgan fingerprint density at radius 3 is 2.67 bits per heavy atom. The first-order chi connectivity index (χ1) is 10.2. The van der Waals surface area contributed by atoms with Crippen LogP contribution < -0.4 is 5.32 Å². The van der Waals surface area contributed by atoms with Crippen molar-refractivity contribution >= 4 is 0 Å². The molecule has 0 saturated carbocycles. The fraction of sp³-hybridized carbons (Fsp3) is 0.700. The van der Waals surface area contributed by atoms with Crippen molar-refractivity contribution in [2.24, 2.45) is 5.92 Å². The Kier molecular flexibility index (Phi) is 4.69. The van der Waals surface area contributed by atoms with Gasteiger partial charge in [0, 0.05) is 6.54 Å². The molecule has 1 aliphatic heterocycles. The molecule has 116 valence electrons. The Balaban J connectivity index is 2.03. The van der Waals surface area contributed by atoms with Crippen LogP contribution in [0.25, 0.3) is 0 Å². The number of hydrogen-bond acceptors (Lipinski definition) is 1. The molecule has 21 heavy (non-hydrogen) atoms.